The SMILES string of the molecule is COCC(F)(F)c1cccc([C@@H](C)Nc2nnc(C)c3ncc(N4C[C@H](OC)[C@H](OC)C4)cc23)c1. The number of aryl methyl sites for hydroxylation is 1. The molecule has 1 aliphatic rings. The average Bonchev–Trinajstić information content (AvgIpc) is 3.29. The fraction of sp³-hybridized carbons (Fsp3) is 0.480. The molecule has 0 spiro atoms. The summed E-state index contributed by atoms with van der Waals surface area (Å²) in [5, 5.41) is 12.8. The third-order valence-electron chi connectivity index (χ3n) is 6.44. The molecule has 0 aliphatic carbocycles. The number of aromatic nitrogens is 3. The highest BCUT2D eigenvalue weighted by molar-refractivity contribution is 5.92. The average molecular weight is 488 g/mol. The first-order valence-electron chi connectivity index (χ1n) is 11.4. The van der Waals surface area contributed by atoms with E-state index in [0.717, 1.165) is 16.6 Å². The summed E-state index contributed by atoms with van der Waals surface area (Å²) < 4.78 is 44.6. The van der Waals surface area contributed by atoms with Crippen LogP contribution in [0.1, 0.15) is 29.8 Å². The Morgan fingerprint density at radius 2 is 1.83 bits per heavy atom. The minimum Gasteiger partial charge on any atom is -0.378 e. The number of alkyl halides is 2. The molecule has 3 heterocycles. The number of nitrogens with one attached hydrogen (secondary N) is 1. The number of anilines is 2. The summed E-state index contributed by atoms with van der Waals surface area (Å²) in [5.74, 6) is -2.54. The summed E-state index contributed by atoms with van der Waals surface area (Å²) in [5.41, 5.74) is 2.96. The van der Waals surface area contributed by atoms with Crippen LogP contribution in [0.4, 0.5) is 20.3 Å². The number of hydrogen-bond acceptors (Lipinski definition) is 8. The lowest BCUT2D eigenvalue weighted by molar-refractivity contribution is -0.0698. The molecule has 1 N–H and O–H groups in total. The van der Waals surface area contributed by atoms with Crippen molar-refractivity contribution in [2.45, 2.75) is 38.0 Å². The van der Waals surface area contributed by atoms with Crippen molar-refractivity contribution in [3.8, 4) is 0 Å². The van der Waals surface area contributed by atoms with Crippen molar-refractivity contribution in [3.63, 3.8) is 0 Å². The molecule has 4 rings (SSSR count). The van der Waals surface area contributed by atoms with Gasteiger partial charge in [-0.1, -0.05) is 18.2 Å². The normalized spacial score (nSPS) is 19.3. The number of halogens is 2. The molecule has 3 aromatic rings. The van der Waals surface area contributed by atoms with Gasteiger partial charge in [-0.15, -0.1) is 5.10 Å². The number of fused-ring (bicyclic) bond motifs is 1. The van der Waals surface area contributed by atoms with Crippen LogP contribution in [0.3, 0.4) is 0 Å². The van der Waals surface area contributed by atoms with Gasteiger partial charge in [0, 0.05) is 45.4 Å². The summed E-state index contributed by atoms with van der Waals surface area (Å²) in [6.45, 7) is 4.44. The molecule has 0 bridgehead atoms. The van der Waals surface area contributed by atoms with Gasteiger partial charge >= 0.3 is 0 Å². The van der Waals surface area contributed by atoms with Crippen LogP contribution in [0, 0.1) is 6.92 Å². The van der Waals surface area contributed by atoms with E-state index >= 15 is 0 Å². The van der Waals surface area contributed by atoms with Gasteiger partial charge in [-0.2, -0.15) is 13.9 Å². The number of ether oxygens (including phenoxy) is 3. The number of pyridine rings is 1. The molecule has 35 heavy (non-hydrogen) atoms. The van der Waals surface area contributed by atoms with Gasteiger partial charge in [0.1, 0.15) is 18.8 Å². The smallest absolute Gasteiger partial charge is 0.296 e. The van der Waals surface area contributed by atoms with Gasteiger partial charge in [0.2, 0.25) is 0 Å². The Morgan fingerprint density at radius 1 is 1.11 bits per heavy atom. The number of hydrogen-bond donors (Lipinski definition) is 1. The first-order valence-corrected chi connectivity index (χ1v) is 11.4. The zero-order chi connectivity index (χ0) is 25.2. The first-order chi connectivity index (χ1) is 16.8. The Kier molecular flexibility index (Phi) is 7.44. The van der Waals surface area contributed by atoms with Crippen molar-refractivity contribution in [2.24, 2.45) is 0 Å². The van der Waals surface area contributed by atoms with Crippen LogP contribution in [-0.2, 0) is 20.1 Å². The van der Waals surface area contributed by atoms with Crippen LogP contribution in [-0.4, -0.2) is 68.4 Å². The van der Waals surface area contributed by atoms with Crippen molar-refractivity contribution in [3.05, 3.63) is 53.3 Å². The molecular weight excluding hydrogens is 456 g/mol. The fourth-order valence-electron chi connectivity index (χ4n) is 4.42. The molecule has 1 aliphatic heterocycles. The molecule has 1 saturated heterocycles. The minimum absolute atomic E-state index is 0.0332. The van der Waals surface area contributed by atoms with E-state index in [-0.39, 0.29) is 23.8 Å². The maximum atomic E-state index is 14.4. The van der Waals surface area contributed by atoms with Crippen LogP contribution in [0.25, 0.3) is 10.9 Å². The van der Waals surface area contributed by atoms with Gasteiger partial charge in [0.25, 0.3) is 5.92 Å². The molecule has 8 nitrogen and oxygen atoms in total. The second-order valence-electron chi connectivity index (χ2n) is 8.81. The number of methoxy groups -OCH3 is 3. The minimum atomic E-state index is -3.07. The highest BCUT2D eigenvalue weighted by Gasteiger charge is 2.34. The second kappa shape index (κ2) is 10.3. The molecule has 0 radical (unpaired) electrons. The highest BCUT2D eigenvalue weighted by atomic mass is 19.3. The zero-order valence-corrected chi connectivity index (χ0v) is 20.6. The standard InChI is InChI=1S/C25H31F2N5O3/c1-15(17-7-6-8-18(9-17)25(26,27)14-33-3)29-24-20-10-19(11-28-23(20)16(2)30-31-24)32-12-21(34-4)22(13-32)35-5/h6-11,15,21-22H,12-14H2,1-5H3,(H,29,31)/t15-,21-,22+/m1/s1. The van der Waals surface area contributed by atoms with Crippen LogP contribution in [0.5, 0.6) is 0 Å². The van der Waals surface area contributed by atoms with Crippen molar-refractivity contribution in [1.82, 2.24) is 15.2 Å². The Labute approximate surface area is 203 Å². The summed E-state index contributed by atoms with van der Waals surface area (Å²) >= 11 is 0. The zero-order valence-electron chi connectivity index (χ0n) is 20.6. The number of nitrogens with zero attached hydrogens (tertiary/aromatic N) is 4. The van der Waals surface area contributed by atoms with Crippen molar-refractivity contribution in [1.29, 1.82) is 0 Å². The van der Waals surface area contributed by atoms with E-state index < -0.39 is 12.5 Å². The van der Waals surface area contributed by atoms with E-state index in [1.807, 2.05) is 26.1 Å². The van der Waals surface area contributed by atoms with Gasteiger partial charge in [0.15, 0.2) is 5.82 Å². The number of benzene rings is 1. The van der Waals surface area contributed by atoms with Gasteiger partial charge in [0.05, 0.1) is 29.1 Å². The van der Waals surface area contributed by atoms with Gasteiger partial charge < -0.3 is 24.4 Å². The van der Waals surface area contributed by atoms with Gasteiger partial charge in [-0.25, -0.2) is 0 Å². The molecule has 10 heteroatoms. The molecule has 0 unspecified atom stereocenters. The summed E-state index contributed by atoms with van der Waals surface area (Å²) in [6, 6.07) is 8.04. The first kappa shape index (κ1) is 25.2. The highest BCUT2D eigenvalue weighted by Crippen LogP contribution is 2.33. The van der Waals surface area contributed by atoms with E-state index in [9.17, 15) is 8.78 Å². The molecule has 1 aromatic carbocycles. The molecule has 3 atom stereocenters. The third-order valence-corrected chi connectivity index (χ3v) is 6.44. The molecule has 188 valence electrons. The van der Waals surface area contributed by atoms with Gasteiger partial charge in [-0.05, 0) is 31.5 Å². The van der Waals surface area contributed by atoms with E-state index in [4.69, 9.17) is 9.47 Å². The topological polar surface area (TPSA) is 81.6 Å². The van der Waals surface area contributed by atoms with Crippen molar-refractivity contribution >= 4 is 22.4 Å². The molecule has 2 aromatic heterocycles. The lowest BCUT2D eigenvalue weighted by Gasteiger charge is -2.21. The quantitative estimate of drug-likeness (QED) is 0.483. The summed E-state index contributed by atoms with van der Waals surface area (Å²) in [4.78, 5) is 6.82. The Morgan fingerprint density at radius 3 is 2.49 bits per heavy atom. The maximum absolute atomic E-state index is 14.4. The van der Waals surface area contributed by atoms with Crippen molar-refractivity contribution in [2.75, 3.05) is 51.2 Å². The lowest BCUT2D eigenvalue weighted by Crippen LogP contribution is -2.27. The lowest BCUT2D eigenvalue weighted by atomic mass is 10.0. The van der Waals surface area contributed by atoms with E-state index in [2.05, 4.69) is 30.1 Å². The Hall–Kier alpha value is -2.95. The maximum Gasteiger partial charge on any atom is 0.296 e. The fourth-order valence-corrected chi connectivity index (χ4v) is 4.42. The van der Waals surface area contributed by atoms with E-state index in [0.29, 0.717) is 30.2 Å². The molecular formula is C25H31F2N5O3. The van der Waals surface area contributed by atoms with E-state index in [1.54, 1.807) is 26.4 Å². The summed E-state index contributed by atoms with van der Waals surface area (Å²) in [7, 11) is 4.63. The largest absolute Gasteiger partial charge is 0.378 e. The Balaban J connectivity index is 1.63. The predicted octanol–water partition coefficient (Wildman–Crippen LogP) is 4.09. The third kappa shape index (κ3) is 5.19. The molecule has 0 saturated carbocycles. The summed E-state index contributed by atoms with van der Waals surface area (Å²) in [6.07, 6.45) is 1.75. The molecule has 1 fully saturated rings. The predicted molar refractivity (Wildman–Crippen MR) is 130 cm³/mol. The monoisotopic (exact) mass is 487 g/mol. The number of rotatable bonds is 9. The van der Waals surface area contributed by atoms with Crippen LogP contribution >= 0.6 is 0 Å². The molecule has 0 amide bonds. The van der Waals surface area contributed by atoms with Gasteiger partial charge in [-0.3, -0.25) is 4.98 Å². The van der Waals surface area contributed by atoms with Crippen LogP contribution in [0.15, 0.2) is 36.5 Å². The van der Waals surface area contributed by atoms with Crippen LogP contribution in [0.2, 0.25) is 0 Å². The second-order valence-corrected chi connectivity index (χ2v) is 8.81. The Bertz CT molecular complexity index is 1170. The van der Waals surface area contributed by atoms with Crippen molar-refractivity contribution < 1.29 is 23.0 Å². The van der Waals surface area contributed by atoms with E-state index in [1.165, 1.54) is 19.2 Å². The van der Waals surface area contributed by atoms with Crippen LogP contribution < -0.4 is 10.2 Å².